The second-order valence-corrected chi connectivity index (χ2v) is 6.81. The monoisotopic (exact) mass is 362 g/mol. The first-order chi connectivity index (χ1) is 13.1. The quantitative estimate of drug-likeness (QED) is 0.436. The van der Waals surface area contributed by atoms with Gasteiger partial charge in [-0.3, -0.25) is 0 Å². The molecule has 3 rings (SSSR count). The number of hydrogen-bond acceptors (Lipinski definition) is 3. The van der Waals surface area contributed by atoms with Crippen LogP contribution in [0.1, 0.15) is 30.9 Å². The third kappa shape index (κ3) is 5.78. The molecule has 0 N–H and O–H groups in total. The molecule has 0 aliphatic carbocycles. The fraction of sp³-hybridized carbons (Fsp3) is 0.250. The van der Waals surface area contributed by atoms with Gasteiger partial charge in [-0.1, -0.05) is 49.7 Å². The number of rotatable bonds is 8. The van der Waals surface area contributed by atoms with Gasteiger partial charge in [0, 0.05) is 6.07 Å². The molecular weight excluding hydrogens is 336 g/mol. The highest BCUT2D eigenvalue weighted by Gasteiger charge is 2.03. The van der Waals surface area contributed by atoms with E-state index < -0.39 is 0 Å². The van der Waals surface area contributed by atoms with E-state index in [1.165, 1.54) is 11.1 Å². The Kier molecular flexibility index (Phi) is 6.37. The first kappa shape index (κ1) is 18.8. The molecule has 0 atom stereocenters. The van der Waals surface area contributed by atoms with Gasteiger partial charge in [0.15, 0.2) is 0 Å². The number of aryl methyl sites for hydroxylation is 1. The van der Waals surface area contributed by atoms with Crippen LogP contribution in [0, 0.1) is 6.92 Å². The van der Waals surface area contributed by atoms with Gasteiger partial charge in [0.05, 0.1) is 0 Å². The van der Waals surface area contributed by atoms with E-state index in [-0.39, 0.29) is 0 Å². The van der Waals surface area contributed by atoms with Crippen LogP contribution < -0.4 is 14.2 Å². The van der Waals surface area contributed by atoms with Crippen molar-refractivity contribution in [3.8, 4) is 23.0 Å². The van der Waals surface area contributed by atoms with Gasteiger partial charge in [0.2, 0.25) is 0 Å². The maximum absolute atomic E-state index is 5.93. The van der Waals surface area contributed by atoms with Gasteiger partial charge < -0.3 is 14.2 Å². The van der Waals surface area contributed by atoms with Crippen molar-refractivity contribution in [1.82, 2.24) is 0 Å². The standard InChI is InChI=1S/C24H26O3/c1-18(2)20-9-13-22(14-10-20)27-24-6-4-5-23(17-24)26-16-15-25-21-11-7-19(3)8-12-21/h4-14,17-18H,15-16H2,1-3H3. The summed E-state index contributed by atoms with van der Waals surface area (Å²) < 4.78 is 17.4. The van der Waals surface area contributed by atoms with Gasteiger partial charge in [-0.15, -0.1) is 0 Å². The van der Waals surface area contributed by atoms with E-state index in [1.54, 1.807) is 0 Å². The van der Waals surface area contributed by atoms with E-state index in [1.807, 2.05) is 60.7 Å². The second kappa shape index (κ2) is 9.13. The Labute approximate surface area is 161 Å². The van der Waals surface area contributed by atoms with Gasteiger partial charge in [-0.2, -0.15) is 0 Å². The SMILES string of the molecule is Cc1ccc(OCCOc2cccc(Oc3ccc(C(C)C)cc3)c2)cc1. The molecule has 3 aromatic rings. The lowest BCUT2D eigenvalue weighted by molar-refractivity contribution is 0.216. The van der Waals surface area contributed by atoms with E-state index in [2.05, 4.69) is 32.9 Å². The lowest BCUT2D eigenvalue weighted by Crippen LogP contribution is -2.08. The van der Waals surface area contributed by atoms with Gasteiger partial charge in [0.25, 0.3) is 0 Å². The molecule has 3 aromatic carbocycles. The van der Waals surface area contributed by atoms with Crippen molar-refractivity contribution in [3.05, 3.63) is 83.9 Å². The van der Waals surface area contributed by atoms with Crippen LogP contribution >= 0.6 is 0 Å². The normalized spacial score (nSPS) is 10.7. The molecule has 0 aliphatic heterocycles. The molecule has 0 saturated carbocycles. The zero-order valence-corrected chi connectivity index (χ0v) is 16.1. The molecule has 0 spiro atoms. The van der Waals surface area contributed by atoms with E-state index in [4.69, 9.17) is 14.2 Å². The Morgan fingerprint density at radius 3 is 1.93 bits per heavy atom. The van der Waals surface area contributed by atoms with Crippen LogP contribution in [-0.2, 0) is 0 Å². The molecular formula is C24H26O3. The van der Waals surface area contributed by atoms with Crippen LogP contribution in [0.15, 0.2) is 72.8 Å². The third-order valence-corrected chi connectivity index (χ3v) is 4.23. The number of hydrogen-bond donors (Lipinski definition) is 0. The molecule has 0 aliphatic rings. The maximum atomic E-state index is 5.93. The smallest absolute Gasteiger partial charge is 0.131 e. The lowest BCUT2D eigenvalue weighted by Gasteiger charge is -2.11. The summed E-state index contributed by atoms with van der Waals surface area (Å²) in [6.07, 6.45) is 0. The van der Waals surface area contributed by atoms with Crippen molar-refractivity contribution in [2.45, 2.75) is 26.7 Å². The summed E-state index contributed by atoms with van der Waals surface area (Å²) in [5.74, 6) is 3.70. The molecule has 0 saturated heterocycles. The minimum absolute atomic E-state index is 0.473. The Balaban J connectivity index is 1.50. The Hall–Kier alpha value is -2.94. The third-order valence-electron chi connectivity index (χ3n) is 4.23. The van der Waals surface area contributed by atoms with Crippen LogP contribution in [0.5, 0.6) is 23.0 Å². The van der Waals surface area contributed by atoms with Crippen LogP contribution in [0.4, 0.5) is 0 Å². The van der Waals surface area contributed by atoms with Crippen LogP contribution in [0.25, 0.3) is 0 Å². The van der Waals surface area contributed by atoms with Gasteiger partial charge >= 0.3 is 0 Å². The predicted molar refractivity (Wildman–Crippen MR) is 109 cm³/mol. The molecule has 3 nitrogen and oxygen atoms in total. The van der Waals surface area contributed by atoms with Crippen molar-refractivity contribution in [1.29, 1.82) is 0 Å². The average Bonchev–Trinajstić information content (AvgIpc) is 2.67. The largest absolute Gasteiger partial charge is 0.490 e. The first-order valence-electron chi connectivity index (χ1n) is 9.30. The minimum Gasteiger partial charge on any atom is -0.490 e. The van der Waals surface area contributed by atoms with Gasteiger partial charge in [-0.25, -0.2) is 0 Å². The topological polar surface area (TPSA) is 27.7 Å². The van der Waals surface area contributed by atoms with Crippen molar-refractivity contribution >= 4 is 0 Å². The van der Waals surface area contributed by atoms with Gasteiger partial charge in [0.1, 0.15) is 36.2 Å². The highest BCUT2D eigenvalue weighted by Crippen LogP contribution is 2.26. The molecule has 27 heavy (non-hydrogen) atoms. The molecule has 0 bridgehead atoms. The highest BCUT2D eigenvalue weighted by atomic mass is 16.5. The van der Waals surface area contributed by atoms with E-state index in [0.717, 1.165) is 23.0 Å². The van der Waals surface area contributed by atoms with E-state index in [9.17, 15) is 0 Å². The van der Waals surface area contributed by atoms with Gasteiger partial charge in [-0.05, 0) is 54.8 Å². The minimum atomic E-state index is 0.473. The molecule has 0 amide bonds. The fourth-order valence-corrected chi connectivity index (χ4v) is 2.64. The Morgan fingerprint density at radius 2 is 1.26 bits per heavy atom. The van der Waals surface area contributed by atoms with E-state index >= 15 is 0 Å². The molecule has 3 heteroatoms. The van der Waals surface area contributed by atoms with Crippen LogP contribution in [-0.4, -0.2) is 13.2 Å². The Bertz CT molecular complexity index is 836. The summed E-state index contributed by atoms with van der Waals surface area (Å²) in [7, 11) is 0. The Morgan fingerprint density at radius 1 is 0.667 bits per heavy atom. The maximum Gasteiger partial charge on any atom is 0.131 e. The summed E-state index contributed by atoms with van der Waals surface area (Å²) in [4.78, 5) is 0. The van der Waals surface area contributed by atoms with Crippen molar-refractivity contribution in [2.24, 2.45) is 0 Å². The molecule has 0 radical (unpaired) electrons. The first-order valence-corrected chi connectivity index (χ1v) is 9.30. The summed E-state index contributed by atoms with van der Waals surface area (Å²) in [5, 5.41) is 0. The second-order valence-electron chi connectivity index (χ2n) is 6.81. The van der Waals surface area contributed by atoms with Crippen LogP contribution in [0.3, 0.4) is 0 Å². The summed E-state index contributed by atoms with van der Waals surface area (Å²) in [5.41, 5.74) is 2.52. The predicted octanol–water partition coefficient (Wildman–Crippen LogP) is 6.37. The lowest BCUT2D eigenvalue weighted by atomic mass is 10.0. The van der Waals surface area contributed by atoms with Crippen molar-refractivity contribution in [3.63, 3.8) is 0 Å². The average molecular weight is 362 g/mol. The van der Waals surface area contributed by atoms with E-state index in [0.29, 0.717) is 19.1 Å². The van der Waals surface area contributed by atoms with Crippen LogP contribution in [0.2, 0.25) is 0 Å². The zero-order valence-electron chi connectivity index (χ0n) is 16.1. The molecule has 0 heterocycles. The van der Waals surface area contributed by atoms with Crippen molar-refractivity contribution < 1.29 is 14.2 Å². The number of ether oxygens (including phenoxy) is 3. The molecule has 0 unspecified atom stereocenters. The molecule has 0 aromatic heterocycles. The van der Waals surface area contributed by atoms with Crippen molar-refractivity contribution in [2.75, 3.05) is 13.2 Å². The molecule has 140 valence electrons. The zero-order chi connectivity index (χ0) is 19.1. The molecule has 0 fully saturated rings. The fourth-order valence-electron chi connectivity index (χ4n) is 2.64. The highest BCUT2D eigenvalue weighted by molar-refractivity contribution is 5.38. The summed E-state index contributed by atoms with van der Waals surface area (Å²) in [6, 6.07) is 23.9. The number of benzene rings is 3. The summed E-state index contributed by atoms with van der Waals surface area (Å²) >= 11 is 0. The summed E-state index contributed by atoms with van der Waals surface area (Å²) in [6.45, 7) is 7.38.